The number of hydrogen-bond acceptors (Lipinski definition) is 2. The molecule has 1 aromatic heterocycles. The number of hydrogen-bond donors (Lipinski definition) is 1. The van der Waals surface area contributed by atoms with Crippen LogP contribution in [0.4, 0.5) is 0 Å². The van der Waals surface area contributed by atoms with Gasteiger partial charge in [0.05, 0.1) is 16.8 Å². The molecule has 0 bridgehead atoms. The summed E-state index contributed by atoms with van der Waals surface area (Å²) >= 11 is 6.21. The molecule has 0 saturated heterocycles. The molecule has 1 heterocycles. The smallest absolute Gasteiger partial charge is 0.0758 e. The van der Waals surface area contributed by atoms with Gasteiger partial charge in [-0.15, -0.1) is 0 Å². The molecular formula is C17H29ClN2. The van der Waals surface area contributed by atoms with Crippen LogP contribution in [0.1, 0.15) is 76.4 Å². The Hall–Kier alpha value is -0.600. The van der Waals surface area contributed by atoms with E-state index >= 15 is 0 Å². The van der Waals surface area contributed by atoms with E-state index in [1.807, 2.05) is 25.4 Å². The van der Waals surface area contributed by atoms with Crippen molar-refractivity contribution in [1.82, 2.24) is 10.3 Å². The highest BCUT2D eigenvalue weighted by Gasteiger charge is 2.13. The molecule has 0 aliphatic heterocycles. The molecule has 0 fully saturated rings. The third-order valence-electron chi connectivity index (χ3n) is 3.81. The number of pyridine rings is 1. The Balaban J connectivity index is 2.18. The summed E-state index contributed by atoms with van der Waals surface area (Å²) in [5.41, 5.74) is 0.986. The van der Waals surface area contributed by atoms with Gasteiger partial charge < -0.3 is 5.32 Å². The van der Waals surface area contributed by atoms with Crippen molar-refractivity contribution in [2.75, 3.05) is 7.05 Å². The summed E-state index contributed by atoms with van der Waals surface area (Å²) in [5, 5.41) is 4.10. The van der Waals surface area contributed by atoms with Gasteiger partial charge in [-0.1, -0.05) is 69.9 Å². The molecule has 114 valence electrons. The number of halogens is 1. The predicted octanol–water partition coefficient (Wildman–Crippen LogP) is 5.53. The predicted molar refractivity (Wildman–Crippen MR) is 88.3 cm³/mol. The minimum atomic E-state index is 0.281. The first-order valence-electron chi connectivity index (χ1n) is 8.07. The maximum Gasteiger partial charge on any atom is 0.0758 e. The van der Waals surface area contributed by atoms with Gasteiger partial charge in [0.15, 0.2) is 0 Å². The van der Waals surface area contributed by atoms with Crippen molar-refractivity contribution < 1.29 is 0 Å². The van der Waals surface area contributed by atoms with Gasteiger partial charge in [-0.3, -0.25) is 4.98 Å². The maximum absolute atomic E-state index is 6.21. The lowest BCUT2D eigenvalue weighted by molar-refractivity contribution is 0.487. The Morgan fingerprint density at radius 2 is 1.75 bits per heavy atom. The van der Waals surface area contributed by atoms with Gasteiger partial charge >= 0.3 is 0 Å². The van der Waals surface area contributed by atoms with Crippen molar-refractivity contribution in [2.45, 2.75) is 70.8 Å². The normalized spacial score (nSPS) is 12.6. The van der Waals surface area contributed by atoms with E-state index in [-0.39, 0.29) is 6.04 Å². The van der Waals surface area contributed by atoms with Gasteiger partial charge in [0.25, 0.3) is 0 Å². The second-order valence-electron chi connectivity index (χ2n) is 5.48. The number of aromatic nitrogens is 1. The first kappa shape index (κ1) is 17.5. The van der Waals surface area contributed by atoms with Gasteiger partial charge in [0.1, 0.15) is 0 Å². The molecule has 20 heavy (non-hydrogen) atoms. The lowest BCUT2D eigenvalue weighted by Gasteiger charge is -2.16. The number of rotatable bonds is 11. The van der Waals surface area contributed by atoms with E-state index in [1.165, 1.54) is 51.4 Å². The molecule has 1 aromatic rings. The summed E-state index contributed by atoms with van der Waals surface area (Å²) < 4.78 is 0. The van der Waals surface area contributed by atoms with Crippen LogP contribution in [0, 0.1) is 0 Å². The third-order valence-corrected chi connectivity index (χ3v) is 4.13. The fourth-order valence-corrected chi connectivity index (χ4v) is 2.81. The first-order valence-corrected chi connectivity index (χ1v) is 8.45. The Morgan fingerprint density at radius 3 is 2.35 bits per heavy atom. The molecule has 1 N–H and O–H groups in total. The average molecular weight is 297 g/mol. The molecule has 1 rings (SSSR count). The van der Waals surface area contributed by atoms with E-state index in [4.69, 9.17) is 11.6 Å². The molecule has 3 heteroatoms. The number of nitrogens with zero attached hydrogens (tertiary/aromatic N) is 1. The summed E-state index contributed by atoms with van der Waals surface area (Å²) in [5.74, 6) is 0. The van der Waals surface area contributed by atoms with Gasteiger partial charge in [-0.05, 0) is 25.6 Å². The third kappa shape index (κ3) is 6.71. The zero-order valence-electron chi connectivity index (χ0n) is 13.0. The molecule has 0 aliphatic rings. The van der Waals surface area contributed by atoms with Crippen LogP contribution in [0.25, 0.3) is 0 Å². The lowest BCUT2D eigenvalue weighted by atomic mass is 10.0. The fraction of sp³-hybridized carbons (Fsp3) is 0.706. The van der Waals surface area contributed by atoms with Crippen LogP contribution in [0.2, 0.25) is 5.02 Å². The van der Waals surface area contributed by atoms with E-state index in [1.54, 1.807) is 0 Å². The van der Waals surface area contributed by atoms with E-state index < -0.39 is 0 Å². The molecule has 2 nitrogen and oxygen atoms in total. The summed E-state index contributed by atoms with van der Waals surface area (Å²) in [4.78, 5) is 4.40. The minimum absolute atomic E-state index is 0.281. The van der Waals surface area contributed by atoms with Crippen molar-refractivity contribution >= 4 is 11.6 Å². The summed E-state index contributed by atoms with van der Waals surface area (Å²) in [6.07, 6.45) is 13.7. The van der Waals surface area contributed by atoms with Crippen LogP contribution >= 0.6 is 11.6 Å². The highest BCUT2D eigenvalue weighted by Crippen LogP contribution is 2.24. The molecule has 0 aliphatic carbocycles. The zero-order valence-corrected chi connectivity index (χ0v) is 13.8. The highest BCUT2D eigenvalue weighted by atomic mass is 35.5. The first-order chi connectivity index (χ1) is 9.79. The Bertz CT molecular complexity index is 355. The fourth-order valence-electron chi connectivity index (χ4n) is 2.55. The van der Waals surface area contributed by atoms with E-state index in [2.05, 4.69) is 17.2 Å². The van der Waals surface area contributed by atoms with Crippen LogP contribution in [-0.2, 0) is 0 Å². The van der Waals surface area contributed by atoms with Crippen LogP contribution in [0.3, 0.4) is 0 Å². The summed E-state index contributed by atoms with van der Waals surface area (Å²) in [6, 6.07) is 4.08. The molecule has 1 atom stereocenters. The van der Waals surface area contributed by atoms with Crippen molar-refractivity contribution in [2.24, 2.45) is 0 Å². The van der Waals surface area contributed by atoms with Crippen LogP contribution in [0.5, 0.6) is 0 Å². The molecule has 0 radical (unpaired) electrons. The van der Waals surface area contributed by atoms with Crippen LogP contribution < -0.4 is 5.32 Å². The maximum atomic E-state index is 6.21. The standard InChI is InChI=1S/C17H29ClN2/c1-3-4-5-6-7-8-9-10-13-16(19-2)17-15(18)12-11-14-20-17/h11-12,14,16,19H,3-10,13H2,1-2H3. The monoisotopic (exact) mass is 296 g/mol. The largest absolute Gasteiger partial charge is 0.312 e. The van der Waals surface area contributed by atoms with Gasteiger partial charge in [-0.2, -0.15) is 0 Å². The van der Waals surface area contributed by atoms with Crippen molar-refractivity contribution in [1.29, 1.82) is 0 Å². The Kier molecular flexibility index (Phi) is 9.69. The molecule has 1 unspecified atom stereocenters. The van der Waals surface area contributed by atoms with Crippen LogP contribution in [-0.4, -0.2) is 12.0 Å². The second kappa shape index (κ2) is 11.1. The lowest BCUT2D eigenvalue weighted by Crippen LogP contribution is -2.18. The van der Waals surface area contributed by atoms with E-state index in [9.17, 15) is 0 Å². The van der Waals surface area contributed by atoms with Crippen molar-refractivity contribution in [3.63, 3.8) is 0 Å². The summed E-state index contributed by atoms with van der Waals surface area (Å²) in [7, 11) is 1.99. The Labute approximate surface area is 129 Å². The van der Waals surface area contributed by atoms with E-state index in [0.717, 1.165) is 17.1 Å². The molecule has 0 amide bonds. The highest BCUT2D eigenvalue weighted by molar-refractivity contribution is 6.31. The molecular weight excluding hydrogens is 268 g/mol. The minimum Gasteiger partial charge on any atom is -0.312 e. The van der Waals surface area contributed by atoms with E-state index in [0.29, 0.717) is 0 Å². The van der Waals surface area contributed by atoms with Crippen molar-refractivity contribution in [3.05, 3.63) is 29.0 Å². The molecule has 0 aromatic carbocycles. The zero-order chi connectivity index (χ0) is 14.6. The SMILES string of the molecule is CCCCCCCCCCC(NC)c1ncccc1Cl. The second-order valence-corrected chi connectivity index (χ2v) is 5.88. The quantitative estimate of drug-likeness (QED) is 0.543. The number of unbranched alkanes of at least 4 members (excludes halogenated alkanes) is 7. The summed E-state index contributed by atoms with van der Waals surface area (Å²) in [6.45, 7) is 2.26. The average Bonchev–Trinajstić information content (AvgIpc) is 2.47. The van der Waals surface area contributed by atoms with Gasteiger partial charge in [0, 0.05) is 6.20 Å². The molecule has 0 spiro atoms. The van der Waals surface area contributed by atoms with Gasteiger partial charge in [-0.25, -0.2) is 0 Å². The molecule has 0 saturated carbocycles. The topological polar surface area (TPSA) is 24.9 Å². The Morgan fingerprint density at radius 1 is 1.10 bits per heavy atom. The van der Waals surface area contributed by atoms with Crippen LogP contribution in [0.15, 0.2) is 18.3 Å². The number of nitrogens with one attached hydrogen (secondary N) is 1. The van der Waals surface area contributed by atoms with Gasteiger partial charge in [0.2, 0.25) is 0 Å². The van der Waals surface area contributed by atoms with Crippen molar-refractivity contribution in [3.8, 4) is 0 Å².